The van der Waals surface area contributed by atoms with Crippen molar-refractivity contribution in [1.82, 2.24) is 0 Å². The number of ether oxygens (including phenoxy) is 1. The minimum Gasteiger partial charge on any atom is -0.456 e. The first-order valence-corrected chi connectivity index (χ1v) is 24.4. The van der Waals surface area contributed by atoms with Gasteiger partial charge in [-0.05, 0) is 125 Å². The van der Waals surface area contributed by atoms with Crippen molar-refractivity contribution in [3.8, 4) is 44.9 Å². The maximum absolute atomic E-state index is 6.78. The number of para-hydroxylation sites is 1. The van der Waals surface area contributed by atoms with Crippen LogP contribution in [0.15, 0.2) is 249 Å². The SMILES string of the molecule is c1ccc(-c2ccc(N(c3ccc4c(c3)-c3ccccc3-c3ccccc3O4)c3ccc4c5ccccc5c5ccccc5c5ccccc5c5c(ccc6c7ccccc7sc65)c4c3)cc2)cc1. The van der Waals surface area contributed by atoms with E-state index in [0.717, 1.165) is 50.8 Å². The number of benzene rings is 11. The van der Waals surface area contributed by atoms with Crippen molar-refractivity contribution in [1.29, 1.82) is 0 Å². The lowest BCUT2D eigenvalue weighted by molar-refractivity contribution is 0.488. The standard InChI is InChI=1S/C66H41NOS/c1-2-16-42(17-3-1)43-30-32-44(33-31-43)67(46-35-39-63-61(41-46)53-24-9-8-22-51(53)55-25-12-14-28-62(55)68-63)45-34-36-54-50-21-7-5-19-48(50)47-18-4-6-20-49(47)52-23-10-11-27-57(52)65-58(60(54)40-45)37-38-59-56-26-13-15-29-64(56)69-66(59)65/h1-41H. The number of hydrogen-bond donors (Lipinski definition) is 0. The number of nitrogens with zero attached hydrogens (tertiary/aromatic N) is 1. The first-order chi connectivity index (χ1) is 34.2. The molecule has 0 radical (unpaired) electrons. The maximum Gasteiger partial charge on any atom is 0.135 e. The monoisotopic (exact) mass is 895 g/mol. The Morgan fingerprint density at radius 1 is 0.275 bits per heavy atom. The Balaban J connectivity index is 1.11. The van der Waals surface area contributed by atoms with Gasteiger partial charge in [0.2, 0.25) is 0 Å². The van der Waals surface area contributed by atoms with E-state index in [9.17, 15) is 0 Å². The zero-order chi connectivity index (χ0) is 45.4. The van der Waals surface area contributed by atoms with E-state index in [1.54, 1.807) is 0 Å². The number of thiophene rings is 1. The number of fused-ring (bicyclic) bond motifs is 19. The third kappa shape index (κ3) is 6.39. The van der Waals surface area contributed by atoms with E-state index in [1.165, 1.54) is 85.2 Å². The van der Waals surface area contributed by atoms with E-state index >= 15 is 0 Å². The van der Waals surface area contributed by atoms with Gasteiger partial charge in [-0.25, -0.2) is 0 Å². The Hall–Kier alpha value is -8.76. The summed E-state index contributed by atoms with van der Waals surface area (Å²) in [6.07, 6.45) is 0. The van der Waals surface area contributed by atoms with Crippen LogP contribution in [0.3, 0.4) is 0 Å². The van der Waals surface area contributed by atoms with Gasteiger partial charge < -0.3 is 9.64 Å². The van der Waals surface area contributed by atoms with Gasteiger partial charge in [-0.1, -0.05) is 194 Å². The molecule has 322 valence electrons. The molecule has 13 aromatic rings. The average Bonchev–Trinajstić information content (AvgIpc) is 3.74. The van der Waals surface area contributed by atoms with Crippen molar-refractivity contribution in [2.45, 2.75) is 0 Å². The van der Waals surface area contributed by atoms with Crippen molar-refractivity contribution in [2.75, 3.05) is 4.90 Å². The molecular formula is C66H41NOS. The first kappa shape index (κ1) is 39.4. The van der Waals surface area contributed by atoms with Crippen LogP contribution in [0.1, 0.15) is 0 Å². The molecule has 0 unspecified atom stereocenters. The third-order valence-electron chi connectivity index (χ3n) is 14.1. The Bertz CT molecular complexity index is 4280. The van der Waals surface area contributed by atoms with Gasteiger partial charge in [-0.15, -0.1) is 11.3 Å². The van der Waals surface area contributed by atoms with Gasteiger partial charge in [0.05, 0.1) is 0 Å². The fourth-order valence-electron chi connectivity index (χ4n) is 10.9. The molecule has 0 atom stereocenters. The summed E-state index contributed by atoms with van der Waals surface area (Å²) in [5.74, 6) is 1.69. The van der Waals surface area contributed by atoms with E-state index in [0.29, 0.717) is 0 Å². The summed E-state index contributed by atoms with van der Waals surface area (Å²) in [5.41, 5.74) is 9.93. The summed E-state index contributed by atoms with van der Waals surface area (Å²) >= 11 is 1.90. The normalized spacial score (nSPS) is 11.9. The highest BCUT2D eigenvalue weighted by Crippen LogP contribution is 2.50. The summed E-state index contributed by atoms with van der Waals surface area (Å²) in [5, 5.41) is 14.7. The molecule has 0 saturated heterocycles. The molecule has 1 aliphatic heterocycles. The largest absolute Gasteiger partial charge is 0.456 e. The zero-order valence-corrected chi connectivity index (χ0v) is 38.3. The molecular weight excluding hydrogens is 855 g/mol. The molecule has 12 aromatic carbocycles. The zero-order valence-electron chi connectivity index (χ0n) is 37.4. The highest BCUT2D eigenvalue weighted by atomic mass is 32.1. The predicted molar refractivity (Wildman–Crippen MR) is 296 cm³/mol. The Labute approximate surface area is 403 Å². The molecule has 2 nitrogen and oxygen atoms in total. The van der Waals surface area contributed by atoms with E-state index in [2.05, 4.69) is 248 Å². The quantitative estimate of drug-likeness (QED) is 0.175. The molecule has 14 rings (SSSR count). The summed E-state index contributed by atoms with van der Waals surface area (Å²) in [6.45, 7) is 0. The van der Waals surface area contributed by atoms with Gasteiger partial charge in [0, 0.05) is 53.7 Å². The van der Waals surface area contributed by atoms with Crippen molar-refractivity contribution in [3.63, 3.8) is 0 Å². The van der Waals surface area contributed by atoms with Crippen LogP contribution >= 0.6 is 11.3 Å². The lowest BCUT2D eigenvalue weighted by Gasteiger charge is -2.27. The van der Waals surface area contributed by atoms with Crippen LogP contribution in [-0.2, 0) is 0 Å². The van der Waals surface area contributed by atoms with Gasteiger partial charge in [-0.3, -0.25) is 0 Å². The summed E-state index contributed by atoms with van der Waals surface area (Å²) in [6, 6.07) is 91.0. The number of anilines is 3. The minimum atomic E-state index is 0.831. The lowest BCUT2D eigenvalue weighted by Crippen LogP contribution is -2.10. The molecule has 0 amide bonds. The van der Waals surface area contributed by atoms with Crippen molar-refractivity contribution >= 4 is 102 Å². The van der Waals surface area contributed by atoms with Gasteiger partial charge in [0.15, 0.2) is 0 Å². The summed E-state index contributed by atoms with van der Waals surface area (Å²) in [4.78, 5) is 2.42. The second-order valence-electron chi connectivity index (χ2n) is 17.9. The van der Waals surface area contributed by atoms with Crippen LogP contribution < -0.4 is 9.64 Å². The van der Waals surface area contributed by atoms with E-state index < -0.39 is 0 Å². The van der Waals surface area contributed by atoms with Crippen molar-refractivity contribution in [2.24, 2.45) is 0 Å². The van der Waals surface area contributed by atoms with Crippen LogP contribution in [0.2, 0.25) is 0 Å². The molecule has 0 fully saturated rings. The smallest absolute Gasteiger partial charge is 0.135 e. The Kier molecular flexibility index (Phi) is 9.11. The van der Waals surface area contributed by atoms with Crippen LogP contribution in [0, 0.1) is 0 Å². The van der Waals surface area contributed by atoms with Crippen LogP contribution in [0.4, 0.5) is 17.1 Å². The molecule has 0 N–H and O–H groups in total. The van der Waals surface area contributed by atoms with Gasteiger partial charge in [0.1, 0.15) is 11.5 Å². The molecule has 0 saturated carbocycles. The lowest BCUT2D eigenvalue weighted by atomic mass is 9.93. The molecule has 1 aromatic heterocycles. The molecule has 3 heteroatoms. The molecule has 1 aliphatic rings. The van der Waals surface area contributed by atoms with Gasteiger partial charge in [-0.2, -0.15) is 0 Å². The second kappa shape index (κ2) is 16.0. The van der Waals surface area contributed by atoms with E-state index in [4.69, 9.17) is 4.74 Å². The molecule has 0 aliphatic carbocycles. The highest BCUT2D eigenvalue weighted by Gasteiger charge is 2.24. The highest BCUT2D eigenvalue weighted by molar-refractivity contribution is 7.26. The number of hydrogen-bond acceptors (Lipinski definition) is 3. The van der Waals surface area contributed by atoms with Crippen molar-refractivity contribution in [3.05, 3.63) is 249 Å². The fraction of sp³-hybridized carbons (Fsp3) is 0. The molecule has 0 bridgehead atoms. The van der Waals surface area contributed by atoms with Crippen LogP contribution in [0.25, 0.3) is 107 Å². The van der Waals surface area contributed by atoms with Crippen molar-refractivity contribution < 1.29 is 4.74 Å². The maximum atomic E-state index is 6.78. The first-order valence-electron chi connectivity index (χ1n) is 23.6. The number of rotatable bonds is 4. The molecule has 69 heavy (non-hydrogen) atoms. The Morgan fingerprint density at radius 3 is 1.43 bits per heavy atom. The second-order valence-corrected chi connectivity index (χ2v) is 19.0. The Morgan fingerprint density at radius 2 is 0.725 bits per heavy atom. The average molecular weight is 896 g/mol. The predicted octanol–water partition coefficient (Wildman–Crippen LogP) is 19.5. The molecule has 0 spiro atoms. The van der Waals surface area contributed by atoms with E-state index in [1.807, 2.05) is 17.4 Å². The van der Waals surface area contributed by atoms with Crippen LogP contribution in [0.5, 0.6) is 11.5 Å². The van der Waals surface area contributed by atoms with Crippen LogP contribution in [-0.4, -0.2) is 0 Å². The van der Waals surface area contributed by atoms with Gasteiger partial charge in [0.25, 0.3) is 0 Å². The topological polar surface area (TPSA) is 12.5 Å². The molecule has 2 heterocycles. The fourth-order valence-corrected chi connectivity index (χ4v) is 12.2. The minimum absolute atomic E-state index is 0.831. The van der Waals surface area contributed by atoms with E-state index in [-0.39, 0.29) is 0 Å². The third-order valence-corrected chi connectivity index (χ3v) is 15.3. The van der Waals surface area contributed by atoms with Gasteiger partial charge >= 0.3 is 0 Å². The summed E-state index contributed by atoms with van der Waals surface area (Å²) in [7, 11) is 0. The summed E-state index contributed by atoms with van der Waals surface area (Å²) < 4.78 is 9.37.